The lowest BCUT2D eigenvalue weighted by Crippen LogP contribution is -2.31. The van der Waals surface area contributed by atoms with Gasteiger partial charge in [-0.2, -0.15) is 0 Å². The van der Waals surface area contributed by atoms with E-state index < -0.39 is 7.14 Å². The average molecular weight is 469 g/mol. The zero-order chi connectivity index (χ0) is 23.7. The molecule has 2 heteroatoms. The van der Waals surface area contributed by atoms with Gasteiger partial charge in [-0.05, 0) is 45.2 Å². The van der Waals surface area contributed by atoms with Crippen molar-refractivity contribution in [2.45, 2.75) is 6.42 Å². The molecule has 2 aliphatic carbocycles. The van der Waals surface area contributed by atoms with E-state index in [1.165, 1.54) is 11.1 Å². The standard InChI is InChI=1S/C33H25OP/c34-35(27-17-6-2-7-18-27,28-19-8-3-9-20-28)33-29-21-11-10-16-26(29)24-32(25-14-4-1-5-15-25)30-22-12-13-23-31(30)33/h1-15,17-24H,16H2. The fraction of sp³-hybridized carbons (Fsp3) is 0.0303. The summed E-state index contributed by atoms with van der Waals surface area (Å²) in [4.78, 5) is 0. The molecule has 168 valence electrons. The Bertz CT molecular complexity index is 1610. The van der Waals surface area contributed by atoms with Gasteiger partial charge in [0, 0.05) is 15.9 Å². The summed E-state index contributed by atoms with van der Waals surface area (Å²) in [5, 5.41) is 4.79. The molecule has 0 saturated heterocycles. The van der Waals surface area contributed by atoms with Crippen molar-refractivity contribution in [2.24, 2.45) is 0 Å². The summed E-state index contributed by atoms with van der Waals surface area (Å²) in [5.41, 5.74) is 4.60. The molecule has 4 aromatic carbocycles. The zero-order valence-electron chi connectivity index (χ0n) is 19.3. The van der Waals surface area contributed by atoms with Gasteiger partial charge in [0.05, 0.1) is 0 Å². The summed E-state index contributed by atoms with van der Waals surface area (Å²) < 4.78 is 15.6. The Morgan fingerprint density at radius 3 is 1.77 bits per heavy atom. The molecule has 0 amide bonds. The minimum atomic E-state index is -3.21. The molecule has 0 fully saturated rings. The topological polar surface area (TPSA) is 17.1 Å². The van der Waals surface area contributed by atoms with E-state index in [4.69, 9.17) is 0 Å². The third-order valence-corrected chi connectivity index (χ3v) is 9.93. The van der Waals surface area contributed by atoms with Crippen molar-refractivity contribution in [1.82, 2.24) is 0 Å². The van der Waals surface area contributed by atoms with Gasteiger partial charge in [0.25, 0.3) is 0 Å². The molecule has 0 N–H and O–H groups in total. The van der Waals surface area contributed by atoms with E-state index in [2.05, 4.69) is 72.8 Å². The number of hydrogen-bond donors (Lipinski definition) is 0. The van der Waals surface area contributed by atoms with Gasteiger partial charge in [0.2, 0.25) is 0 Å². The van der Waals surface area contributed by atoms with Gasteiger partial charge in [-0.1, -0.05) is 133 Å². The molecule has 0 saturated carbocycles. The number of rotatable bonds is 4. The maximum Gasteiger partial charge on any atom is 0.172 e. The SMILES string of the molecule is O=P(C1=c2ccccc2=C(c2ccccc2)C=C2CC=CC=C21)(c1ccccc1)c1ccccc1. The van der Waals surface area contributed by atoms with Crippen LogP contribution in [0.3, 0.4) is 0 Å². The highest BCUT2D eigenvalue weighted by Gasteiger charge is 2.36. The molecule has 2 aliphatic rings. The second kappa shape index (κ2) is 9.02. The first-order valence-corrected chi connectivity index (χ1v) is 13.7. The fourth-order valence-corrected chi connectivity index (χ4v) is 8.23. The van der Waals surface area contributed by atoms with Gasteiger partial charge in [-0.25, -0.2) is 0 Å². The second-order valence-electron chi connectivity index (χ2n) is 8.84. The lowest BCUT2D eigenvalue weighted by Gasteiger charge is -2.26. The molecule has 0 unspecified atom stereocenters. The van der Waals surface area contributed by atoms with Crippen molar-refractivity contribution in [2.75, 3.05) is 0 Å². The summed E-state index contributed by atoms with van der Waals surface area (Å²) >= 11 is 0. The molecular weight excluding hydrogens is 443 g/mol. The normalized spacial score (nSPS) is 15.0. The molecule has 0 aromatic heterocycles. The molecule has 35 heavy (non-hydrogen) atoms. The van der Waals surface area contributed by atoms with Crippen molar-refractivity contribution in [3.63, 3.8) is 0 Å². The minimum absolute atomic E-state index is 0.809. The molecule has 0 atom stereocenters. The molecule has 0 bridgehead atoms. The molecule has 0 aliphatic heterocycles. The molecule has 1 nitrogen and oxygen atoms in total. The summed E-state index contributed by atoms with van der Waals surface area (Å²) in [7, 11) is -3.21. The maximum atomic E-state index is 15.6. The smallest absolute Gasteiger partial charge is 0.172 e. The van der Waals surface area contributed by atoms with Gasteiger partial charge >= 0.3 is 0 Å². The predicted octanol–water partition coefficient (Wildman–Crippen LogP) is 5.83. The quantitative estimate of drug-likeness (QED) is 0.344. The molecule has 4 aromatic rings. The molecule has 6 rings (SSSR count). The van der Waals surface area contributed by atoms with Crippen LogP contribution in [0.2, 0.25) is 0 Å². The number of benzene rings is 4. The number of hydrogen-bond acceptors (Lipinski definition) is 1. The Kier molecular flexibility index (Phi) is 5.57. The largest absolute Gasteiger partial charge is 0.309 e. The average Bonchev–Trinajstić information content (AvgIpc) is 3.09. The summed E-state index contributed by atoms with van der Waals surface area (Å²) in [6.45, 7) is 0. The van der Waals surface area contributed by atoms with Crippen LogP contribution in [0.4, 0.5) is 0 Å². The van der Waals surface area contributed by atoms with Crippen LogP contribution in [0.15, 0.2) is 151 Å². The third kappa shape index (κ3) is 3.70. The zero-order valence-corrected chi connectivity index (χ0v) is 20.2. The van der Waals surface area contributed by atoms with E-state index in [1.807, 2.05) is 66.7 Å². The number of fused-ring (bicyclic) bond motifs is 2. The minimum Gasteiger partial charge on any atom is -0.309 e. The Hall–Kier alpha value is -3.93. The van der Waals surface area contributed by atoms with Crippen LogP contribution in [0.5, 0.6) is 0 Å². The molecular formula is C33H25OP. The van der Waals surface area contributed by atoms with Gasteiger partial charge < -0.3 is 4.57 Å². The number of allylic oxidation sites excluding steroid dienone is 6. The first-order chi connectivity index (χ1) is 17.3. The van der Waals surface area contributed by atoms with Crippen LogP contribution in [-0.4, -0.2) is 0 Å². The van der Waals surface area contributed by atoms with Gasteiger partial charge in [-0.3, -0.25) is 0 Å². The first kappa shape index (κ1) is 21.6. The Morgan fingerprint density at radius 1 is 0.600 bits per heavy atom. The lowest BCUT2D eigenvalue weighted by atomic mass is 9.95. The monoisotopic (exact) mass is 468 g/mol. The van der Waals surface area contributed by atoms with Crippen molar-refractivity contribution in [3.05, 3.63) is 167 Å². The first-order valence-electron chi connectivity index (χ1n) is 12.0. The van der Waals surface area contributed by atoms with Crippen LogP contribution >= 0.6 is 7.14 Å². The van der Waals surface area contributed by atoms with Gasteiger partial charge in [-0.15, -0.1) is 0 Å². The summed E-state index contributed by atoms with van der Waals surface area (Å²) in [5.74, 6) is 0. The van der Waals surface area contributed by atoms with Gasteiger partial charge in [0.1, 0.15) is 0 Å². The Balaban J connectivity index is 1.83. The Labute approximate surface area is 206 Å². The van der Waals surface area contributed by atoms with Gasteiger partial charge in [0.15, 0.2) is 7.14 Å². The van der Waals surface area contributed by atoms with Crippen molar-refractivity contribution >= 4 is 28.6 Å². The summed E-state index contributed by atoms with van der Waals surface area (Å²) in [6.07, 6.45) is 9.54. The predicted molar refractivity (Wildman–Crippen MR) is 148 cm³/mol. The molecule has 0 spiro atoms. The second-order valence-corrected chi connectivity index (χ2v) is 11.5. The van der Waals surface area contributed by atoms with Crippen LogP contribution in [0.1, 0.15) is 12.0 Å². The van der Waals surface area contributed by atoms with E-state index in [9.17, 15) is 0 Å². The maximum absolute atomic E-state index is 15.6. The van der Waals surface area contributed by atoms with Crippen LogP contribution in [-0.2, 0) is 4.57 Å². The van der Waals surface area contributed by atoms with E-state index in [0.717, 1.165) is 43.9 Å². The van der Waals surface area contributed by atoms with E-state index in [-0.39, 0.29) is 0 Å². The van der Waals surface area contributed by atoms with Crippen LogP contribution < -0.4 is 21.0 Å². The van der Waals surface area contributed by atoms with E-state index >= 15 is 4.57 Å². The van der Waals surface area contributed by atoms with Crippen molar-refractivity contribution in [3.8, 4) is 0 Å². The fourth-order valence-electron chi connectivity index (χ4n) is 5.14. The highest BCUT2D eigenvalue weighted by atomic mass is 31.2. The molecule has 0 radical (unpaired) electrons. The highest BCUT2D eigenvalue weighted by molar-refractivity contribution is 7.87. The Morgan fingerprint density at radius 2 is 1.14 bits per heavy atom. The molecule has 0 heterocycles. The summed E-state index contributed by atoms with van der Waals surface area (Å²) in [6, 6.07) is 38.9. The highest BCUT2D eigenvalue weighted by Crippen LogP contribution is 2.57. The van der Waals surface area contributed by atoms with Crippen LogP contribution in [0.25, 0.3) is 10.9 Å². The third-order valence-electron chi connectivity index (χ3n) is 6.77. The van der Waals surface area contributed by atoms with Crippen molar-refractivity contribution in [1.29, 1.82) is 0 Å². The van der Waals surface area contributed by atoms with E-state index in [1.54, 1.807) is 0 Å². The lowest BCUT2D eigenvalue weighted by molar-refractivity contribution is 0.592. The van der Waals surface area contributed by atoms with Crippen LogP contribution in [0, 0.1) is 0 Å². The van der Waals surface area contributed by atoms with Crippen molar-refractivity contribution < 1.29 is 4.57 Å². The van der Waals surface area contributed by atoms with E-state index in [0.29, 0.717) is 0 Å².